The summed E-state index contributed by atoms with van der Waals surface area (Å²) in [5, 5.41) is 21.8. The number of amides is 1. The van der Waals surface area contributed by atoms with Crippen LogP contribution in [0.4, 0.5) is 0 Å². The third-order valence-corrected chi connectivity index (χ3v) is 6.52. The lowest BCUT2D eigenvalue weighted by Crippen LogP contribution is -2.29. The van der Waals surface area contributed by atoms with Crippen molar-refractivity contribution >= 4 is 23.1 Å². The zero-order valence-corrected chi connectivity index (χ0v) is 20.7. The van der Waals surface area contributed by atoms with Crippen LogP contribution in [0.25, 0.3) is 11.4 Å². The molecule has 9 heteroatoms. The van der Waals surface area contributed by atoms with E-state index in [1.54, 1.807) is 50.5 Å². The molecule has 9 nitrogen and oxygen atoms in total. The van der Waals surface area contributed by atoms with Gasteiger partial charge in [-0.15, -0.1) is 0 Å². The number of rotatable bonds is 6. The van der Waals surface area contributed by atoms with Crippen LogP contribution in [0, 0.1) is 13.8 Å². The summed E-state index contributed by atoms with van der Waals surface area (Å²) in [6.07, 6.45) is 5.07. The van der Waals surface area contributed by atoms with E-state index in [0.717, 1.165) is 11.1 Å². The van der Waals surface area contributed by atoms with Crippen molar-refractivity contribution in [2.45, 2.75) is 33.4 Å². The van der Waals surface area contributed by atoms with E-state index in [0.29, 0.717) is 23.5 Å². The maximum atomic E-state index is 13.4. The molecule has 3 aromatic heterocycles. The van der Waals surface area contributed by atoms with Crippen LogP contribution in [0.1, 0.15) is 41.0 Å². The molecule has 1 saturated heterocycles. The number of hydrogen-bond donors (Lipinski definition) is 2. The van der Waals surface area contributed by atoms with Gasteiger partial charge in [-0.1, -0.05) is 18.2 Å². The fourth-order valence-corrected chi connectivity index (χ4v) is 4.72. The molecule has 0 aliphatic carbocycles. The maximum Gasteiger partial charge on any atom is 0.295 e. The molecule has 0 saturated carbocycles. The lowest BCUT2D eigenvalue weighted by molar-refractivity contribution is -0.140. The van der Waals surface area contributed by atoms with Gasteiger partial charge in [-0.25, -0.2) is 4.98 Å². The first-order valence-electron chi connectivity index (χ1n) is 11.9. The predicted octanol–water partition coefficient (Wildman–Crippen LogP) is 4.07. The van der Waals surface area contributed by atoms with E-state index in [1.807, 2.05) is 29.7 Å². The average molecular weight is 499 g/mol. The number of ketones is 1. The number of Topliss-reactive ketones (excluding diaryl/α,β-unsaturated/α-hetero) is 1. The standard InChI is InChI=1S/C28H26N4O5/c1-4-37-21-13-19(9-10-20(21)33)24-22(26(35)28(36)32(24)15-18-8-5-11-29-14-18)25(34)23-17(3)31-12-6-7-16(2)27(31)30-23/h5-14,24,33-34H,4,15H2,1-3H3. The van der Waals surface area contributed by atoms with Crippen LogP contribution in [0.3, 0.4) is 0 Å². The SMILES string of the molecule is CCOc1cc(C2C(=C(O)c3nc4c(C)cccn4c3C)C(=O)C(=O)N2Cc2cccnc2)ccc1O. The predicted molar refractivity (Wildman–Crippen MR) is 136 cm³/mol. The van der Waals surface area contributed by atoms with Crippen LogP contribution < -0.4 is 4.74 Å². The number of aromatic hydroxyl groups is 1. The zero-order chi connectivity index (χ0) is 26.3. The number of phenolic OH excluding ortho intramolecular Hbond substituents is 1. The number of carbonyl (C=O) groups is 2. The lowest BCUT2D eigenvalue weighted by Gasteiger charge is -2.25. The summed E-state index contributed by atoms with van der Waals surface area (Å²) in [6, 6.07) is 11.0. The van der Waals surface area contributed by atoms with Crippen molar-refractivity contribution in [3.05, 3.63) is 94.7 Å². The largest absolute Gasteiger partial charge is 0.505 e. The Bertz CT molecular complexity index is 1560. The molecule has 5 rings (SSSR count). The van der Waals surface area contributed by atoms with E-state index >= 15 is 0 Å². The topological polar surface area (TPSA) is 117 Å². The van der Waals surface area contributed by atoms with E-state index in [-0.39, 0.29) is 35.1 Å². The molecule has 1 fully saturated rings. The van der Waals surface area contributed by atoms with Crippen LogP contribution in [0.2, 0.25) is 0 Å². The fraction of sp³-hybridized carbons (Fsp3) is 0.214. The number of phenols is 1. The number of pyridine rings is 2. The minimum Gasteiger partial charge on any atom is -0.505 e. The summed E-state index contributed by atoms with van der Waals surface area (Å²) < 4.78 is 7.39. The van der Waals surface area contributed by atoms with Gasteiger partial charge in [0.25, 0.3) is 11.7 Å². The fourth-order valence-electron chi connectivity index (χ4n) is 4.72. The number of fused-ring (bicyclic) bond motifs is 1. The van der Waals surface area contributed by atoms with E-state index in [2.05, 4.69) is 9.97 Å². The van der Waals surface area contributed by atoms with Gasteiger partial charge in [0.15, 0.2) is 17.3 Å². The van der Waals surface area contributed by atoms with Gasteiger partial charge in [0.2, 0.25) is 0 Å². The lowest BCUT2D eigenvalue weighted by atomic mass is 9.95. The van der Waals surface area contributed by atoms with Gasteiger partial charge in [0.1, 0.15) is 11.3 Å². The van der Waals surface area contributed by atoms with Crippen molar-refractivity contribution in [1.82, 2.24) is 19.3 Å². The molecule has 1 aromatic carbocycles. The van der Waals surface area contributed by atoms with Crippen LogP contribution >= 0.6 is 0 Å². The molecule has 0 spiro atoms. The normalized spacial score (nSPS) is 17.1. The van der Waals surface area contributed by atoms with Crippen LogP contribution in [-0.2, 0) is 16.1 Å². The number of nitrogens with zero attached hydrogens (tertiary/aromatic N) is 4. The Morgan fingerprint density at radius 3 is 2.65 bits per heavy atom. The summed E-state index contributed by atoms with van der Waals surface area (Å²) in [4.78, 5) is 36.9. The molecule has 37 heavy (non-hydrogen) atoms. The maximum absolute atomic E-state index is 13.4. The third-order valence-electron chi connectivity index (χ3n) is 6.52. The smallest absolute Gasteiger partial charge is 0.295 e. The van der Waals surface area contributed by atoms with Crippen LogP contribution in [0.15, 0.2) is 66.6 Å². The first-order valence-corrected chi connectivity index (χ1v) is 11.9. The second kappa shape index (κ2) is 9.42. The molecular formula is C28H26N4O5. The van der Waals surface area contributed by atoms with Gasteiger partial charge < -0.3 is 24.3 Å². The number of aromatic nitrogens is 3. The number of aliphatic hydroxyl groups is 1. The van der Waals surface area contributed by atoms with Gasteiger partial charge in [0, 0.05) is 25.1 Å². The molecule has 188 valence electrons. The quantitative estimate of drug-likeness (QED) is 0.234. The number of hydrogen-bond acceptors (Lipinski definition) is 7. The van der Waals surface area contributed by atoms with Crippen molar-refractivity contribution in [1.29, 1.82) is 0 Å². The molecule has 4 heterocycles. The Hall–Kier alpha value is -4.66. The monoisotopic (exact) mass is 498 g/mol. The Morgan fingerprint density at radius 2 is 1.95 bits per heavy atom. The summed E-state index contributed by atoms with van der Waals surface area (Å²) in [6.45, 7) is 5.89. The Morgan fingerprint density at radius 1 is 1.14 bits per heavy atom. The molecule has 1 atom stereocenters. The highest BCUT2D eigenvalue weighted by Crippen LogP contribution is 2.42. The Kier molecular flexibility index (Phi) is 6.12. The first-order chi connectivity index (χ1) is 17.8. The first kappa shape index (κ1) is 24.1. The molecule has 1 amide bonds. The van der Waals surface area contributed by atoms with Crippen molar-refractivity contribution in [3.63, 3.8) is 0 Å². The van der Waals surface area contributed by atoms with E-state index < -0.39 is 17.7 Å². The van der Waals surface area contributed by atoms with E-state index in [1.165, 1.54) is 11.0 Å². The average Bonchev–Trinajstić information content (AvgIpc) is 3.36. The number of ether oxygens (including phenoxy) is 1. The van der Waals surface area contributed by atoms with Gasteiger partial charge in [0.05, 0.1) is 23.9 Å². The zero-order valence-electron chi connectivity index (χ0n) is 20.7. The third kappa shape index (κ3) is 4.08. The highest BCUT2D eigenvalue weighted by Gasteiger charge is 2.46. The van der Waals surface area contributed by atoms with Crippen molar-refractivity contribution < 1.29 is 24.5 Å². The minimum absolute atomic E-state index is 0.0681. The number of imidazole rings is 1. The summed E-state index contributed by atoms with van der Waals surface area (Å²) in [7, 11) is 0. The molecule has 0 bridgehead atoms. The van der Waals surface area contributed by atoms with Crippen LogP contribution in [0.5, 0.6) is 11.5 Å². The summed E-state index contributed by atoms with van der Waals surface area (Å²) in [5.74, 6) is -1.78. The summed E-state index contributed by atoms with van der Waals surface area (Å²) in [5.41, 5.74) is 3.55. The molecule has 0 radical (unpaired) electrons. The highest BCUT2D eigenvalue weighted by molar-refractivity contribution is 6.46. The van der Waals surface area contributed by atoms with Gasteiger partial charge in [-0.2, -0.15) is 0 Å². The molecule has 1 aliphatic heterocycles. The minimum atomic E-state index is -0.940. The number of aliphatic hydroxyl groups excluding tert-OH is 1. The summed E-state index contributed by atoms with van der Waals surface area (Å²) >= 11 is 0. The molecule has 2 N–H and O–H groups in total. The van der Waals surface area contributed by atoms with Crippen molar-refractivity contribution in [3.8, 4) is 11.5 Å². The molecule has 1 aliphatic rings. The number of benzene rings is 1. The van der Waals surface area contributed by atoms with E-state index in [9.17, 15) is 19.8 Å². The van der Waals surface area contributed by atoms with Crippen molar-refractivity contribution in [2.24, 2.45) is 0 Å². The molecule has 1 unspecified atom stereocenters. The van der Waals surface area contributed by atoms with E-state index in [4.69, 9.17) is 4.74 Å². The second-order valence-corrected chi connectivity index (χ2v) is 8.88. The van der Waals surface area contributed by atoms with Crippen molar-refractivity contribution in [2.75, 3.05) is 6.61 Å². The Balaban J connectivity index is 1.72. The molecule has 4 aromatic rings. The number of likely N-dealkylation sites (tertiary alicyclic amines) is 1. The second-order valence-electron chi connectivity index (χ2n) is 8.88. The number of carbonyl (C=O) groups excluding carboxylic acids is 2. The molecular weight excluding hydrogens is 472 g/mol. The van der Waals surface area contributed by atoms with Gasteiger partial charge in [-0.05, 0) is 61.7 Å². The highest BCUT2D eigenvalue weighted by atomic mass is 16.5. The van der Waals surface area contributed by atoms with Gasteiger partial charge in [-0.3, -0.25) is 14.6 Å². The van der Waals surface area contributed by atoms with Crippen LogP contribution in [-0.4, -0.2) is 47.8 Å². The Labute approximate surface area is 213 Å². The van der Waals surface area contributed by atoms with Gasteiger partial charge >= 0.3 is 0 Å². The number of aryl methyl sites for hydroxylation is 2.